The van der Waals surface area contributed by atoms with Crippen LogP contribution in [0.1, 0.15) is 21.5 Å². The highest BCUT2D eigenvalue weighted by molar-refractivity contribution is 6.37. The van der Waals surface area contributed by atoms with E-state index in [1.54, 1.807) is 72.8 Å². The normalized spacial score (nSPS) is 14.4. The fourth-order valence-corrected chi connectivity index (χ4v) is 3.21. The lowest BCUT2D eigenvalue weighted by Crippen LogP contribution is -2.07. The first-order valence-corrected chi connectivity index (χ1v) is 9.60. The highest BCUT2D eigenvalue weighted by atomic mass is 35.5. The molecule has 3 aromatic rings. The maximum Gasteiger partial charge on any atom is 0.363 e. The summed E-state index contributed by atoms with van der Waals surface area (Å²) in [6.07, 6.45) is 1.57. The van der Waals surface area contributed by atoms with Gasteiger partial charge in [0.05, 0.1) is 16.1 Å². The molecule has 30 heavy (non-hydrogen) atoms. The summed E-state index contributed by atoms with van der Waals surface area (Å²) in [5.74, 6) is -0.538. The third-order valence-corrected chi connectivity index (χ3v) is 4.73. The maximum absolute atomic E-state index is 12.2. The van der Waals surface area contributed by atoms with E-state index in [1.165, 1.54) is 0 Å². The molecule has 0 saturated carbocycles. The van der Waals surface area contributed by atoms with E-state index < -0.39 is 11.9 Å². The number of benzene rings is 3. The van der Waals surface area contributed by atoms with Gasteiger partial charge in [0.1, 0.15) is 5.75 Å². The van der Waals surface area contributed by atoms with Crippen LogP contribution in [0.15, 0.2) is 83.5 Å². The van der Waals surface area contributed by atoms with Gasteiger partial charge >= 0.3 is 11.9 Å². The number of hydrogen-bond donors (Lipinski definition) is 0. The molecule has 7 heteroatoms. The molecule has 1 heterocycles. The van der Waals surface area contributed by atoms with Crippen LogP contribution in [-0.2, 0) is 9.53 Å². The molecule has 1 aliphatic rings. The lowest BCUT2D eigenvalue weighted by molar-refractivity contribution is -0.129. The van der Waals surface area contributed by atoms with Gasteiger partial charge in [-0.15, -0.1) is 0 Å². The Hall–Kier alpha value is -3.41. The highest BCUT2D eigenvalue weighted by Crippen LogP contribution is 2.26. The molecular formula is C23H13Cl2NO4. The van der Waals surface area contributed by atoms with Crippen molar-refractivity contribution in [2.45, 2.75) is 0 Å². The number of ether oxygens (including phenoxy) is 2. The summed E-state index contributed by atoms with van der Waals surface area (Å²) in [6.45, 7) is 0. The summed E-state index contributed by atoms with van der Waals surface area (Å²) in [7, 11) is 0. The summed E-state index contributed by atoms with van der Waals surface area (Å²) in [5, 5.41) is 0.803. The molecule has 148 valence electrons. The average molecular weight is 438 g/mol. The van der Waals surface area contributed by atoms with E-state index in [2.05, 4.69) is 4.99 Å². The third kappa shape index (κ3) is 4.43. The number of aliphatic imine (C=N–C) groups is 1. The van der Waals surface area contributed by atoms with Crippen LogP contribution in [-0.4, -0.2) is 17.8 Å². The summed E-state index contributed by atoms with van der Waals surface area (Å²) < 4.78 is 10.6. The molecule has 5 nitrogen and oxygen atoms in total. The molecule has 0 bridgehead atoms. The van der Waals surface area contributed by atoms with Gasteiger partial charge in [-0.25, -0.2) is 14.6 Å². The Morgan fingerprint density at radius 3 is 2.40 bits per heavy atom. The van der Waals surface area contributed by atoms with Gasteiger partial charge in [0.2, 0.25) is 5.90 Å². The quantitative estimate of drug-likeness (QED) is 0.304. The number of nitrogens with zero attached hydrogens (tertiary/aromatic N) is 1. The molecule has 0 spiro atoms. The topological polar surface area (TPSA) is 65.0 Å². The van der Waals surface area contributed by atoms with Crippen LogP contribution < -0.4 is 4.74 Å². The molecule has 4 rings (SSSR count). The van der Waals surface area contributed by atoms with Gasteiger partial charge in [-0.2, -0.15) is 0 Å². The van der Waals surface area contributed by atoms with E-state index in [9.17, 15) is 9.59 Å². The number of hydrogen-bond acceptors (Lipinski definition) is 5. The van der Waals surface area contributed by atoms with Crippen molar-refractivity contribution in [2.24, 2.45) is 4.99 Å². The molecule has 0 radical (unpaired) electrons. The predicted octanol–water partition coefficient (Wildman–Crippen LogP) is 5.56. The standard InChI is InChI=1S/C23H13Cl2NO4/c24-16-8-11-18(19(25)13-16)21-26-20(23(28)30-21)12-14-6-9-17(10-7-14)29-22(27)15-4-2-1-3-5-15/h1-13H/b20-12-. The van der Waals surface area contributed by atoms with E-state index in [1.807, 2.05) is 6.07 Å². The van der Waals surface area contributed by atoms with Gasteiger partial charge < -0.3 is 9.47 Å². The molecule has 0 amide bonds. The number of halogens is 2. The Kier molecular flexibility index (Phi) is 5.65. The minimum absolute atomic E-state index is 0.112. The lowest BCUT2D eigenvalue weighted by atomic mass is 10.2. The third-order valence-electron chi connectivity index (χ3n) is 4.19. The monoisotopic (exact) mass is 437 g/mol. The van der Waals surface area contributed by atoms with Gasteiger partial charge in [-0.05, 0) is 54.1 Å². The summed E-state index contributed by atoms with van der Waals surface area (Å²) in [4.78, 5) is 28.5. The Labute approximate surface area is 182 Å². The van der Waals surface area contributed by atoms with Gasteiger partial charge in [0.15, 0.2) is 5.70 Å². The minimum atomic E-state index is -0.587. The van der Waals surface area contributed by atoms with E-state index in [0.717, 1.165) is 0 Å². The second kappa shape index (κ2) is 8.53. The fourth-order valence-electron chi connectivity index (χ4n) is 2.72. The van der Waals surface area contributed by atoms with Crippen LogP contribution in [0.5, 0.6) is 5.75 Å². The Bertz CT molecular complexity index is 1190. The van der Waals surface area contributed by atoms with Crippen molar-refractivity contribution >= 4 is 47.1 Å². The van der Waals surface area contributed by atoms with Crippen molar-refractivity contribution in [3.63, 3.8) is 0 Å². The largest absolute Gasteiger partial charge is 0.423 e. The maximum atomic E-state index is 12.2. The molecule has 0 aromatic heterocycles. The van der Waals surface area contributed by atoms with Crippen molar-refractivity contribution < 1.29 is 19.1 Å². The van der Waals surface area contributed by atoms with Crippen molar-refractivity contribution in [1.29, 1.82) is 0 Å². The molecule has 0 atom stereocenters. The Balaban J connectivity index is 1.51. The van der Waals surface area contributed by atoms with E-state index >= 15 is 0 Å². The van der Waals surface area contributed by atoms with Crippen molar-refractivity contribution in [3.8, 4) is 5.75 Å². The molecule has 0 fully saturated rings. The number of carbonyl (C=O) groups is 2. The number of rotatable bonds is 4. The zero-order chi connectivity index (χ0) is 21.1. The summed E-state index contributed by atoms with van der Waals surface area (Å²) >= 11 is 12.0. The van der Waals surface area contributed by atoms with Crippen LogP contribution in [0.2, 0.25) is 10.0 Å². The minimum Gasteiger partial charge on any atom is -0.423 e. The van der Waals surface area contributed by atoms with E-state index in [4.69, 9.17) is 32.7 Å². The van der Waals surface area contributed by atoms with Crippen molar-refractivity contribution in [1.82, 2.24) is 0 Å². The van der Waals surface area contributed by atoms with Crippen LogP contribution in [0, 0.1) is 0 Å². The van der Waals surface area contributed by atoms with Gasteiger partial charge in [0, 0.05) is 5.02 Å². The average Bonchev–Trinajstić information content (AvgIpc) is 3.10. The number of cyclic esters (lactones) is 1. The van der Waals surface area contributed by atoms with E-state index in [0.29, 0.717) is 32.5 Å². The fraction of sp³-hybridized carbons (Fsp3) is 0. The van der Waals surface area contributed by atoms with Crippen molar-refractivity contribution in [2.75, 3.05) is 0 Å². The zero-order valence-corrected chi connectivity index (χ0v) is 16.9. The molecule has 0 saturated heterocycles. The number of carbonyl (C=O) groups excluding carboxylic acids is 2. The second-order valence-corrected chi connectivity index (χ2v) is 7.13. The van der Waals surface area contributed by atoms with Gasteiger partial charge in [-0.3, -0.25) is 0 Å². The first kappa shape index (κ1) is 19.9. The highest BCUT2D eigenvalue weighted by Gasteiger charge is 2.25. The SMILES string of the molecule is O=C1OC(c2ccc(Cl)cc2Cl)=N/C1=C\c1ccc(OC(=O)c2ccccc2)cc1. The Morgan fingerprint density at radius 1 is 0.967 bits per heavy atom. The lowest BCUT2D eigenvalue weighted by Gasteiger charge is -2.04. The molecule has 3 aromatic carbocycles. The molecule has 0 unspecified atom stereocenters. The zero-order valence-electron chi connectivity index (χ0n) is 15.3. The van der Waals surface area contributed by atoms with Crippen LogP contribution >= 0.6 is 23.2 Å². The second-order valence-electron chi connectivity index (χ2n) is 6.28. The molecule has 0 aliphatic carbocycles. The Morgan fingerprint density at radius 2 is 1.70 bits per heavy atom. The molecule has 1 aliphatic heterocycles. The van der Waals surface area contributed by atoms with Gasteiger partial charge in [0.25, 0.3) is 0 Å². The van der Waals surface area contributed by atoms with Crippen LogP contribution in [0.25, 0.3) is 6.08 Å². The van der Waals surface area contributed by atoms with Crippen molar-refractivity contribution in [3.05, 3.63) is 105 Å². The van der Waals surface area contributed by atoms with Crippen LogP contribution in [0.3, 0.4) is 0 Å². The van der Waals surface area contributed by atoms with Gasteiger partial charge in [-0.1, -0.05) is 53.5 Å². The first-order valence-electron chi connectivity index (χ1n) is 8.85. The summed E-state index contributed by atoms with van der Waals surface area (Å²) in [5.41, 5.74) is 1.75. The smallest absolute Gasteiger partial charge is 0.363 e. The molecule has 0 N–H and O–H groups in total. The summed E-state index contributed by atoms with van der Waals surface area (Å²) in [6, 6.07) is 20.2. The predicted molar refractivity (Wildman–Crippen MR) is 115 cm³/mol. The van der Waals surface area contributed by atoms with Crippen LogP contribution in [0.4, 0.5) is 0 Å². The first-order chi connectivity index (χ1) is 14.5. The number of esters is 2. The molecular weight excluding hydrogens is 425 g/mol. The van der Waals surface area contributed by atoms with E-state index in [-0.39, 0.29) is 11.6 Å².